The van der Waals surface area contributed by atoms with Crippen molar-refractivity contribution in [2.75, 3.05) is 0 Å². The molecule has 0 aliphatic heterocycles. The van der Waals surface area contributed by atoms with E-state index < -0.39 is 6.01 Å². The summed E-state index contributed by atoms with van der Waals surface area (Å²) in [6, 6.07) is -0.500. The molecule has 1 aromatic rings. The van der Waals surface area contributed by atoms with E-state index in [1.807, 2.05) is 0 Å². The molecule has 38 valence electrons. The van der Waals surface area contributed by atoms with Crippen LogP contribution in [0.25, 0.3) is 0 Å². The molecule has 0 saturated heterocycles. The molecule has 5 nitrogen and oxygen atoms in total. The smallest absolute Gasteiger partial charge is 0.347 e. The van der Waals surface area contributed by atoms with Gasteiger partial charge in [-0.3, -0.25) is 0 Å². The fourth-order valence-corrected chi connectivity index (χ4v) is 0.230. The van der Waals surface area contributed by atoms with Gasteiger partial charge >= 0.3 is 6.01 Å². The molecule has 0 amide bonds. The summed E-state index contributed by atoms with van der Waals surface area (Å²) in [7, 11) is 0. The van der Waals surface area contributed by atoms with Crippen molar-refractivity contribution in [2.24, 2.45) is 0 Å². The third-order valence-electron chi connectivity index (χ3n) is 0.513. The van der Waals surface area contributed by atoms with Gasteiger partial charge in [0, 0.05) is 0 Å². The maximum absolute atomic E-state index is 8.30. The summed E-state index contributed by atoms with van der Waals surface area (Å²) >= 11 is 0. The summed E-state index contributed by atoms with van der Waals surface area (Å²) in [5.74, 6) is 0. The van der Waals surface area contributed by atoms with Crippen molar-refractivity contribution in [3.63, 3.8) is 0 Å². The Hall–Kier alpha value is -1.26. The number of nitrogens with zero attached hydrogens (tertiary/aromatic N) is 3. The van der Waals surface area contributed by atoms with Crippen LogP contribution in [0.5, 0.6) is 6.01 Å². The fraction of sp³-hybridized carbons (Fsp3) is 0. The first-order valence-corrected chi connectivity index (χ1v) is 1.59. The molecule has 1 heterocycles. The molecule has 0 atom stereocenters. The average molecular weight is 101 g/mol. The molecule has 1 aromatic heterocycles. The zero-order chi connectivity index (χ0) is 5.28. The molecule has 5 heteroatoms. The van der Waals surface area contributed by atoms with Crippen LogP contribution in [0.3, 0.4) is 0 Å². The van der Waals surface area contributed by atoms with Crippen LogP contribution in [-0.4, -0.2) is 25.2 Å². The highest BCUT2D eigenvalue weighted by molar-refractivity contribution is 4.81. The molecule has 0 aliphatic carbocycles. The highest BCUT2D eigenvalue weighted by atomic mass is 16.5. The Morgan fingerprint density at radius 3 is 2.57 bits per heavy atom. The number of hydrogen-bond acceptors (Lipinski definition) is 4. The Morgan fingerprint density at radius 1 is 1.71 bits per heavy atom. The van der Waals surface area contributed by atoms with Crippen LogP contribution < -0.4 is 0 Å². The largest absolute Gasteiger partial charge is 0.477 e. The molecule has 0 saturated carbocycles. The molecule has 2 N–H and O–H groups in total. The van der Waals surface area contributed by atoms with Crippen LogP contribution in [0, 0.1) is 0 Å². The van der Waals surface area contributed by atoms with E-state index in [-0.39, 0.29) is 4.85 Å². The van der Waals surface area contributed by atoms with Gasteiger partial charge in [-0.25, -0.2) is 0 Å². The third-order valence-corrected chi connectivity index (χ3v) is 0.513. The van der Waals surface area contributed by atoms with Crippen LogP contribution in [0.15, 0.2) is 6.33 Å². The standard InChI is InChI=1S/C2H3N3O2/c6-2-3-1-4-5(2)7/h1,7H,(H,3,4,6). The Bertz CT molecular complexity index is 143. The molecule has 0 bridgehead atoms. The molecule has 1 rings (SSSR count). The van der Waals surface area contributed by atoms with E-state index >= 15 is 0 Å². The van der Waals surface area contributed by atoms with Crippen molar-refractivity contribution in [2.45, 2.75) is 0 Å². The summed E-state index contributed by atoms with van der Waals surface area (Å²) in [6.45, 7) is 0. The van der Waals surface area contributed by atoms with E-state index in [9.17, 15) is 0 Å². The maximum atomic E-state index is 8.30. The van der Waals surface area contributed by atoms with Gasteiger partial charge in [-0.2, -0.15) is 4.98 Å². The number of aromatic nitrogens is 3. The van der Waals surface area contributed by atoms with Gasteiger partial charge in [0.2, 0.25) is 0 Å². The second-order valence-corrected chi connectivity index (χ2v) is 0.949. The summed E-state index contributed by atoms with van der Waals surface area (Å²) in [6.07, 6.45) is 1.04. The first-order chi connectivity index (χ1) is 3.30. The SMILES string of the molecule is Oc1ncnn1O. The molecule has 0 fully saturated rings. The molecule has 7 heavy (non-hydrogen) atoms. The molecule has 0 aromatic carbocycles. The van der Waals surface area contributed by atoms with Crippen LogP contribution in [0.4, 0.5) is 0 Å². The van der Waals surface area contributed by atoms with Crippen molar-refractivity contribution >= 4 is 0 Å². The van der Waals surface area contributed by atoms with Gasteiger partial charge in [0.25, 0.3) is 0 Å². The van der Waals surface area contributed by atoms with E-state index in [1.54, 1.807) is 0 Å². The summed E-state index contributed by atoms with van der Waals surface area (Å²) < 4.78 is 0. The van der Waals surface area contributed by atoms with Gasteiger partial charge < -0.3 is 10.3 Å². The minimum atomic E-state index is -0.500. The highest BCUT2D eigenvalue weighted by Crippen LogP contribution is 1.93. The Morgan fingerprint density at radius 2 is 2.43 bits per heavy atom. The first kappa shape index (κ1) is 3.91. The van der Waals surface area contributed by atoms with Crippen molar-refractivity contribution in [3.05, 3.63) is 6.33 Å². The van der Waals surface area contributed by atoms with Crippen LogP contribution in [0.1, 0.15) is 0 Å². The number of aromatic hydroxyl groups is 1. The summed E-state index contributed by atoms with van der Waals surface area (Å²) in [5, 5.41) is 19.7. The molecular formula is C2H3N3O2. The van der Waals surface area contributed by atoms with Gasteiger partial charge in [0.15, 0.2) is 0 Å². The van der Waals surface area contributed by atoms with Crippen LogP contribution in [0.2, 0.25) is 0 Å². The maximum Gasteiger partial charge on any atom is 0.347 e. The fourth-order valence-electron chi connectivity index (χ4n) is 0.230. The zero-order valence-electron chi connectivity index (χ0n) is 3.31. The number of rotatable bonds is 0. The van der Waals surface area contributed by atoms with Gasteiger partial charge in [-0.15, -0.1) is 5.10 Å². The lowest BCUT2D eigenvalue weighted by atomic mass is 11.2. The monoisotopic (exact) mass is 101 g/mol. The number of hydrogen-bond donors (Lipinski definition) is 2. The molecule has 0 unspecified atom stereocenters. The molecular weight excluding hydrogens is 98.0 g/mol. The van der Waals surface area contributed by atoms with E-state index in [1.165, 1.54) is 0 Å². The molecule has 0 aliphatic rings. The minimum absolute atomic E-state index is 0.278. The first-order valence-electron chi connectivity index (χ1n) is 1.59. The Labute approximate surface area is 38.8 Å². The predicted octanol–water partition coefficient (Wildman–Crippen LogP) is -0.779. The van der Waals surface area contributed by atoms with Crippen molar-refractivity contribution < 1.29 is 10.3 Å². The van der Waals surface area contributed by atoms with Gasteiger partial charge in [0.05, 0.1) is 0 Å². The summed E-state index contributed by atoms with van der Waals surface area (Å²) in [5.41, 5.74) is 0. The normalized spacial score (nSPS) is 9.14. The van der Waals surface area contributed by atoms with Gasteiger partial charge in [0.1, 0.15) is 6.33 Å². The van der Waals surface area contributed by atoms with Crippen molar-refractivity contribution in [1.29, 1.82) is 0 Å². The Balaban J connectivity index is 3.12. The topological polar surface area (TPSA) is 71.2 Å². The lowest BCUT2D eigenvalue weighted by Crippen LogP contribution is -1.89. The quantitative estimate of drug-likeness (QED) is 0.420. The van der Waals surface area contributed by atoms with E-state index in [0.29, 0.717) is 0 Å². The summed E-state index contributed by atoms with van der Waals surface area (Å²) in [4.78, 5) is 3.45. The van der Waals surface area contributed by atoms with Crippen LogP contribution in [-0.2, 0) is 0 Å². The molecule has 0 radical (unpaired) electrons. The molecule has 0 spiro atoms. The van der Waals surface area contributed by atoms with Crippen molar-refractivity contribution in [1.82, 2.24) is 14.9 Å². The zero-order valence-corrected chi connectivity index (χ0v) is 3.31. The van der Waals surface area contributed by atoms with E-state index in [0.717, 1.165) is 6.33 Å². The van der Waals surface area contributed by atoms with Crippen LogP contribution >= 0.6 is 0 Å². The Kier molecular flexibility index (Phi) is 0.619. The lowest BCUT2D eigenvalue weighted by Gasteiger charge is -1.81. The van der Waals surface area contributed by atoms with Gasteiger partial charge in [-0.05, 0) is 4.85 Å². The van der Waals surface area contributed by atoms with Crippen molar-refractivity contribution in [3.8, 4) is 6.01 Å². The van der Waals surface area contributed by atoms with E-state index in [2.05, 4.69) is 10.1 Å². The average Bonchev–Trinajstić information content (AvgIpc) is 1.91. The van der Waals surface area contributed by atoms with Gasteiger partial charge in [-0.1, -0.05) is 0 Å². The lowest BCUT2D eigenvalue weighted by molar-refractivity contribution is 0.118. The second-order valence-electron chi connectivity index (χ2n) is 0.949. The minimum Gasteiger partial charge on any atom is -0.477 e. The predicted molar refractivity (Wildman–Crippen MR) is 18.9 cm³/mol. The van der Waals surface area contributed by atoms with E-state index in [4.69, 9.17) is 10.3 Å². The second kappa shape index (κ2) is 1.11. The third kappa shape index (κ3) is 0.466. The highest BCUT2D eigenvalue weighted by Gasteiger charge is 1.92.